The summed E-state index contributed by atoms with van der Waals surface area (Å²) in [6.45, 7) is 4.68. The van der Waals surface area contributed by atoms with E-state index in [0.717, 1.165) is 6.42 Å². The Morgan fingerprint density at radius 2 is 1.65 bits per heavy atom. The molecule has 0 aliphatic heterocycles. The maximum Gasteiger partial charge on any atom is 0.241 e. The van der Waals surface area contributed by atoms with Crippen LogP contribution in [-0.4, -0.2) is 23.9 Å². The van der Waals surface area contributed by atoms with Gasteiger partial charge >= 0.3 is 0 Å². The zero-order valence-corrected chi connectivity index (χ0v) is 13.8. The largest absolute Gasteiger partial charge is 0.325 e. The van der Waals surface area contributed by atoms with E-state index in [-0.39, 0.29) is 17.8 Å². The Labute approximate surface area is 137 Å². The molecule has 0 bridgehead atoms. The van der Waals surface area contributed by atoms with Gasteiger partial charge in [-0.3, -0.25) is 9.69 Å². The van der Waals surface area contributed by atoms with Crippen molar-refractivity contribution in [2.24, 2.45) is 0 Å². The number of nitrogens with zero attached hydrogens (tertiary/aromatic N) is 1. The Kier molecular flexibility index (Phi) is 5.88. The molecule has 2 aromatic rings. The number of amides is 1. The molecule has 0 saturated heterocycles. The number of rotatable bonds is 6. The predicted molar refractivity (Wildman–Crippen MR) is 91.8 cm³/mol. The summed E-state index contributed by atoms with van der Waals surface area (Å²) >= 11 is 0. The first-order chi connectivity index (χ1) is 11.0. The molecule has 2 rings (SSSR count). The highest BCUT2D eigenvalue weighted by atomic mass is 19.1. The van der Waals surface area contributed by atoms with Gasteiger partial charge in [0.2, 0.25) is 5.91 Å². The van der Waals surface area contributed by atoms with Crippen LogP contribution in [0.15, 0.2) is 48.5 Å². The fourth-order valence-corrected chi connectivity index (χ4v) is 2.29. The van der Waals surface area contributed by atoms with Crippen molar-refractivity contribution in [3.05, 3.63) is 65.5 Å². The summed E-state index contributed by atoms with van der Waals surface area (Å²) in [6, 6.07) is 13.9. The number of hydrogen-bond donors (Lipinski definition) is 1. The molecule has 23 heavy (non-hydrogen) atoms. The zero-order valence-electron chi connectivity index (χ0n) is 13.8. The van der Waals surface area contributed by atoms with Crippen molar-refractivity contribution in [2.75, 3.05) is 12.4 Å². The first-order valence-corrected chi connectivity index (χ1v) is 7.84. The van der Waals surface area contributed by atoms with Crippen molar-refractivity contribution in [1.29, 1.82) is 0 Å². The highest BCUT2D eigenvalue weighted by molar-refractivity contribution is 5.94. The maximum atomic E-state index is 12.9. The van der Waals surface area contributed by atoms with Crippen LogP contribution in [0, 0.1) is 5.82 Å². The molecule has 0 unspecified atom stereocenters. The van der Waals surface area contributed by atoms with Crippen LogP contribution in [0.1, 0.15) is 25.0 Å². The molecule has 0 spiro atoms. The Balaban J connectivity index is 1.93. The van der Waals surface area contributed by atoms with E-state index in [0.29, 0.717) is 12.2 Å². The molecule has 122 valence electrons. The normalized spacial score (nSPS) is 12.2. The van der Waals surface area contributed by atoms with Crippen LogP contribution < -0.4 is 5.32 Å². The molecule has 1 atom stereocenters. The number of carbonyl (C=O) groups is 1. The predicted octanol–water partition coefficient (Wildman–Crippen LogP) is 3.85. The molecule has 0 saturated carbocycles. The van der Waals surface area contributed by atoms with Gasteiger partial charge in [-0.25, -0.2) is 4.39 Å². The van der Waals surface area contributed by atoms with Crippen molar-refractivity contribution in [3.8, 4) is 0 Å². The fraction of sp³-hybridized carbons (Fsp3) is 0.316. The second-order valence-electron chi connectivity index (χ2n) is 5.76. The van der Waals surface area contributed by atoms with Gasteiger partial charge in [-0.15, -0.1) is 0 Å². The lowest BCUT2D eigenvalue weighted by molar-refractivity contribution is -0.120. The van der Waals surface area contributed by atoms with Crippen LogP contribution in [-0.2, 0) is 17.8 Å². The van der Waals surface area contributed by atoms with Gasteiger partial charge in [-0.05, 0) is 55.8 Å². The van der Waals surface area contributed by atoms with Crippen LogP contribution in [0.3, 0.4) is 0 Å². The first kappa shape index (κ1) is 17.2. The molecule has 4 heteroatoms. The van der Waals surface area contributed by atoms with E-state index >= 15 is 0 Å². The molecule has 0 radical (unpaired) electrons. The highest BCUT2D eigenvalue weighted by Crippen LogP contribution is 2.12. The van der Waals surface area contributed by atoms with Crippen LogP contribution in [0.4, 0.5) is 10.1 Å². The minimum Gasteiger partial charge on any atom is -0.325 e. The van der Waals surface area contributed by atoms with Gasteiger partial charge in [0.1, 0.15) is 5.82 Å². The van der Waals surface area contributed by atoms with E-state index in [1.165, 1.54) is 23.3 Å². The monoisotopic (exact) mass is 314 g/mol. The number of aryl methyl sites for hydroxylation is 1. The molecular weight excluding hydrogens is 291 g/mol. The van der Waals surface area contributed by atoms with Gasteiger partial charge in [0.05, 0.1) is 6.04 Å². The molecule has 0 heterocycles. The third kappa shape index (κ3) is 4.89. The molecule has 2 aromatic carbocycles. The summed E-state index contributed by atoms with van der Waals surface area (Å²) in [7, 11) is 1.92. The second-order valence-corrected chi connectivity index (χ2v) is 5.76. The van der Waals surface area contributed by atoms with E-state index < -0.39 is 0 Å². The molecule has 0 aromatic heterocycles. The Morgan fingerprint density at radius 3 is 2.22 bits per heavy atom. The Morgan fingerprint density at radius 1 is 1.09 bits per heavy atom. The molecule has 1 N–H and O–H groups in total. The molecule has 3 nitrogen and oxygen atoms in total. The fourth-order valence-electron chi connectivity index (χ4n) is 2.29. The summed E-state index contributed by atoms with van der Waals surface area (Å²) in [5.74, 6) is -0.423. The maximum absolute atomic E-state index is 12.9. The lowest BCUT2D eigenvalue weighted by atomic mass is 10.1. The number of halogens is 1. The van der Waals surface area contributed by atoms with Gasteiger partial charge < -0.3 is 5.32 Å². The average Bonchev–Trinajstić information content (AvgIpc) is 2.56. The topological polar surface area (TPSA) is 32.3 Å². The number of hydrogen-bond acceptors (Lipinski definition) is 2. The number of carbonyl (C=O) groups excluding carboxylic acids is 1. The van der Waals surface area contributed by atoms with E-state index in [1.807, 2.05) is 18.9 Å². The smallest absolute Gasteiger partial charge is 0.241 e. The van der Waals surface area contributed by atoms with Crippen molar-refractivity contribution < 1.29 is 9.18 Å². The van der Waals surface area contributed by atoms with E-state index in [2.05, 4.69) is 36.5 Å². The quantitative estimate of drug-likeness (QED) is 0.878. The van der Waals surface area contributed by atoms with Gasteiger partial charge in [-0.2, -0.15) is 0 Å². The second kappa shape index (κ2) is 7.88. The number of benzene rings is 2. The third-order valence-corrected chi connectivity index (χ3v) is 4.02. The third-order valence-electron chi connectivity index (χ3n) is 4.02. The lowest BCUT2D eigenvalue weighted by Gasteiger charge is -2.24. The summed E-state index contributed by atoms with van der Waals surface area (Å²) in [4.78, 5) is 14.3. The Hall–Kier alpha value is -2.20. The highest BCUT2D eigenvalue weighted by Gasteiger charge is 2.18. The Bertz CT molecular complexity index is 637. The van der Waals surface area contributed by atoms with Crippen molar-refractivity contribution in [1.82, 2.24) is 4.90 Å². The molecule has 0 aliphatic carbocycles. The number of likely N-dealkylation sites (N-methyl/N-ethyl adjacent to an activating group) is 1. The zero-order chi connectivity index (χ0) is 16.8. The molecule has 0 aliphatic rings. The number of nitrogens with one attached hydrogen (secondary N) is 1. The summed E-state index contributed by atoms with van der Waals surface area (Å²) in [5.41, 5.74) is 3.08. The van der Waals surface area contributed by atoms with Crippen molar-refractivity contribution >= 4 is 11.6 Å². The van der Waals surface area contributed by atoms with Crippen molar-refractivity contribution in [3.63, 3.8) is 0 Å². The van der Waals surface area contributed by atoms with Crippen LogP contribution >= 0.6 is 0 Å². The van der Waals surface area contributed by atoms with Crippen LogP contribution in [0.2, 0.25) is 0 Å². The minimum atomic E-state index is -0.316. The molecule has 0 fully saturated rings. The SMILES string of the molecule is CCc1ccc(CN(C)[C@@H](C)C(=O)Nc2ccc(F)cc2)cc1. The average molecular weight is 314 g/mol. The van der Waals surface area contributed by atoms with Gasteiger partial charge in [0.15, 0.2) is 0 Å². The van der Waals surface area contributed by atoms with Gasteiger partial charge in [0, 0.05) is 12.2 Å². The summed E-state index contributed by atoms with van der Waals surface area (Å²) in [5, 5.41) is 2.81. The van der Waals surface area contributed by atoms with Crippen molar-refractivity contribution in [2.45, 2.75) is 32.9 Å². The van der Waals surface area contributed by atoms with Gasteiger partial charge in [0.25, 0.3) is 0 Å². The van der Waals surface area contributed by atoms with E-state index in [9.17, 15) is 9.18 Å². The molecule has 1 amide bonds. The van der Waals surface area contributed by atoms with Gasteiger partial charge in [-0.1, -0.05) is 31.2 Å². The standard InChI is InChI=1S/C19H23FN2O/c1-4-15-5-7-16(8-6-15)13-22(3)14(2)19(23)21-18-11-9-17(20)10-12-18/h5-12,14H,4,13H2,1-3H3,(H,21,23)/t14-/m0/s1. The van der Waals surface area contributed by atoms with E-state index in [4.69, 9.17) is 0 Å². The lowest BCUT2D eigenvalue weighted by Crippen LogP contribution is -2.39. The van der Waals surface area contributed by atoms with E-state index in [1.54, 1.807) is 12.1 Å². The minimum absolute atomic E-state index is 0.107. The van der Waals surface area contributed by atoms with Crippen LogP contribution in [0.25, 0.3) is 0 Å². The summed E-state index contributed by atoms with van der Waals surface area (Å²) in [6.07, 6.45) is 1.02. The first-order valence-electron chi connectivity index (χ1n) is 7.84. The molecular formula is C19H23FN2O. The number of anilines is 1. The van der Waals surface area contributed by atoms with Crippen LogP contribution in [0.5, 0.6) is 0 Å². The summed E-state index contributed by atoms with van der Waals surface area (Å²) < 4.78 is 12.9.